The zero-order chi connectivity index (χ0) is 13.3. The average molecular weight is 258 g/mol. The molecule has 2 aromatic rings. The van der Waals surface area contributed by atoms with Crippen molar-refractivity contribution in [3.8, 4) is 5.69 Å². The Bertz CT molecular complexity index is 542. The molecule has 0 radical (unpaired) electrons. The summed E-state index contributed by atoms with van der Waals surface area (Å²) in [5.74, 6) is 0. The van der Waals surface area contributed by atoms with Crippen LogP contribution in [-0.2, 0) is 4.74 Å². The van der Waals surface area contributed by atoms with E-state index in [-0.39, 0.29) is 11.6 Å². The van der Waals surface area contributed by atoms with Gasteiger partial charge in [0.2, 0.25) is 0 Å². The van der Waals surface area contributed by atoms with Crippen LogP contribution in [0.3, 0.4) is 0 Å². The van der Waals surface area contributed by atoms with Crippen LogP contribution in [-0.4, -0.2) is 27.7 Å². The third-order valence-corrected chi connectivity index (χ3v) is 4.07. The number of hydrogen-bond acceptors (Lipinski definition) is 4. The van der Waals surface area contributed by atoms with Gasteiger partial charge in [0.1, 0.15) is 0 Å². The van der Waals surface area contributed by atoms with Crippen LogP contribution in [0.4, 0.5) is 0 Å². The highest BCUT2D eigenvalue weighted by Gasteiger charge is 2.44. The SMILES string of the molecule is COC1(C(N)c2cnnn2-c2ccccc2)CCC1. The fraction of sp³-hybridized carbons (Fsp3) is 0.429. The second-order valence-electron chi connectivity index (χ2n) is 5.01. The Morgan fingerprint density at radius 2 is 2.05 bits per heavy atom. The van der Waals surface area contributed by atoms with E-state index in [0.717, 1.165) is 30.6 Å². The summed E-state index contributed by atoms with van der Waals surface area (Å²) < 4.78 is 7.45. The van der Waals surface area contributed by atoms with Gasteiger partial charge in [-0.15, -0.1) is 5.10 Å². The number of nitrogens with two attached hydrogens (primary N) is 1. The first-order valence-electron chi connectivity index (χ1n) is 6.53. The van der Waals surface area contributed by atoms with E-state index in [1.807, 2.05) is 30.3 Å². The van der Waals surface area contributed by atoms with Crippen molar-refractivity contribution in [1.29, 1.82) is 0 Å². The highest BCUT2D eigenvalue weighted by molar-refractivity contribution is 5.33. The maximum absolute atomic E-state index is 6.40. The summed E-state index contributed by atoms with van der Waals surface area (Å²) in [4.78, 5) is 0. The molecule has 1 aliphatic carbocycles. The van der Waals surface area contributed by atoms with Gasteiger partial charge in [-0.2, -0.15) is 0 Å². The Labute approximate surface area is 112 Å². The molecule has 3 rings (SSSR count). The van der Waals surface area contributed by atoms with Crippen molar-refractivity contribution in [3.05, 3.63) is 42.2 Å². The first kappa shape index (κ1) is 12.3. The van der Waals surface area contributed by atoms with Crippen LogP contribution in [0.15, 0.2) is 36.5 Å². The fourth-order valence-corrected chi connectivity index (χ4v) is 2.66. The average Bonchev–Trinajstić information content (AvgIpc) is 2.88. The van der Waals surface area contributed by atoms with Crippen LogP contribution in [0, 0.1) is 0 Å². The molecule has 1 aromatic carbocycles. The number of aromatic nitrogens is 3. The molecule has 1 aliphatic rings. The predicted molar refractivity (Wildman–Crippen MR) is 71.9 cm³/mol. The lowest BCUT2D eigenvalue weighted by molar-refractivity contribution is -0.0924. The molecule has 1 heterocycles. The van der Waals surface area contributed by atoms with Gasteiger partial charge in [-0.25, -0.2) is 4.68 Å². The Kier molecular flexibility index (Phi) is 3.08. The van der Waals surface area contributed by atoms with E-state index in [9.17, 15) is 0 Å². The molecule has 100 valence electrons. The summed E-state index contributed by atoms with van der Waals surface area (Å²) >= 11 is 0. The van der Waals surface area contributed by atoms with Crippen molar-refractivity contribution in [3.63, 3.8) is 0 Å². The van der Waals surface area contributed by atoms with Gasteiger partial charge in [0.25, 0.3) is 0 Å². The van der Waals surface area contributed by atoms with E-state index in [1.165, 1.54) is 0 Å². The zero-order valence-corrected chi connectivity index (χ0v) is 11.0. The van der Waals surface area contributed by atoms with Crippen LogP contribution < -0.4 is 5.73 Å². The number of hydrogen-bond donors (Lipinski definition) is 1. The molecular formula is C14H18N4O. The maximum Gasteiger partial charge on any atom is 0.0886 e. The molecule has 19 heavy (non-hydrogen) atoms. The van der Waals surface area contributed by atoms with E-state index in [1.54, 1.807) is 18.0 Å². The van der Waals surface area contributed by atoms with Crippen LogP contribution in [0.1, 0.15) is 31.0 Å². The van der Waals surface area contributed by atoms with Crippen LogP contribution >= 0.6 is 0 Å². The molecule has 0 amide bonds. The molecule has 0 aliphatic heterocycles. The second-order valence-corrected chi connectivity index (χ2v) is 5.01. The number of methoxy groups -OCH3 is 1. The third kappa shape index (κ3) is 1.95. The topological polar surface area (TPSA) is 66.0 Å². The van der Waals surface area contributed by atoms with E-state index < -0.39 is 0 Å². The predicted octanol–water partition coefficient (Wildman–Crippen LogP) is 1.84. The summed E-state index contributed by atoms with van der Waals surface area (Å²) in [5, 5.41) is 8.15. The maximum atomic E-state index is 6.40. The molecular weight excluding hydrogens is 240 g/mol. The fourth-order valence-electron chi connectivity index (χ4n) is 2.66. The molecule has 0 saturated heterocycles. The number of nitrogens with zero attached hydrogens (tertiary/aromatic N) is 3. The summed E-state index contributed by atoms with van der Waals surface area (Å²) in [6.45, 7) is 0. The summed E-state index contributed by atoms with van der Waals surface area (Å²) in [6.07, 6.45) is 4.88. The van der Waals surface area contributed by atoms with Gasteiger partial charge < -0.3 is 10.5 Å². The monoisotopic (exact) mass is 258 g/mol. The van der Waals surface area contributed by atoms with Gasteiger partial charge in [0, 0.05) is 7.11 Å². The Morgan fingerprint density at radius 3 is 2.63 bits per heavy atom. The van der Waals surface area contributed by atoms with Crippen molar-refractivity contribution < 1.29 is 4.74 Å². The molecule has 5 nitrogen and oxygen atoms in total. The minimum absolute atomic E-state index is 0.207. The van der Waals surface area contributed by atoms with E-state index >= 15 is 0 Å². The normalized spacial score (nSPS) is 18.8. The lowest BCUT2D eigenvalue weighted by atomic mass is 9.74. The summed E-state index contributed by atoms with van der Waals surface area (Å²) in [6, 6.07) is 9.70. The minimum Gasteiger partial charge on any atom is -0.376 e. The summed E-state index contributed by atoms with van der Waals surface area (Å²) in [5.41, 5.74) is 8.01. The second kappa shape index (κ2) is 4.75. The quantitative estimate of drug-likeness (QED) is 0.908. The molecule has 2 N–H and O–H groups in total. The molecule has 5 heteroatoms. The highest BCUT2D eigenvalue weighted by Crippen LogP contribution is 2.43. The minimum atomic E-state index is -0.256. The molecule has 1 saturated carbocycles. The Hall–Kier alpha value is -1.72. The lowest BCUT2D eigenvalue weighted by Crippen LogP contribution is -2.49. The Morgan fingerprint density at radius 1 is 1.32 bits per heavy atom. The van der Waals surface area contributed by atoms with Crippen molar-refractivity contribution in [2.75, 3.05) is 7.11 Å². The molecule has 1 aromatic heterocycles. The molecule has 0 bridgehead atoms. The smallest absolute Gasteiger partial charge is 0.0886 e. The third-order valence-electron chi connectivity index (χ3n) is 4.07. The van der Waals surface area contributed by atoms with Gasteiger partial charge in [-0.3, -0.25) is 0 Å². The first-order chi connectivity index (χ1) is 9.27. The number of para-hydroxylation sites is 1. The van der Waals surface area contributed by atoms with Gasteiger partial charge in [-0.1, -0.05) is 23.4 Å². The standard InChI is InChI=1S/C14H18N4O/c1-19-14(8-5-9-14)13(15)12-10-16-17-18(12)11-6-3-2-4-7-11/h2-4,6-7,10,13H,5,8-9,15H2,1H3. The van der Waals surface area contributed by atoms with E-state index in [2.05, 4.69) is 10.3 Å². The van der Waals surface area contributed by atoms with Gasteiger partial charge in [0.05, 0.1) is 29.2 Å². The van der Waals surface area contributed by atoms with Crippen molar-refractivity contribution in [1.82, 2.24) is 15.0 Å². The molecule has 0 spiro atoms. The molecule has 1 fully saturated rings. The molecule has 1 atom stereocenters. The van der Waals surface area contributed by atoms with Crippen LogP contribution in [0.2, 0.25) is 0 Å². The summed E-state index contributed by atoms with van der Waals surface area (Å²) in [7, 11) is 1.73. The lowest BCUT2D eigenvalue weighted by Gasteiger charge is -2.44. The van der Waals surface area contributed by atoms with Crippen molar-refractivity contribution >= 4 is 0 Å². The van der Waals surface area contributed by atoms with Crippen LogP contribution in [0.5, 0.6) is 0 Å². The highest BCUT2D eigenvalue weighted by atomic mass is 16.5. The Balaban J connectivity index is 1.96. The number of ether oxygens (including phenoxy) is 1. The largest absolute Gasteiger partial charge is 0.376 e. The first-order valence-corrected chi connectivity index (χ1v) is 6.53. The van der Waals surface area contributed by atoms with Gasteiger partial charge >= 0.3 is 0 Å². The number of benzene rings is 1. The van der Waals surface area contributed by atoms with Crippen molar-refractivity contribution in [2.24, 2.45) is 5.73 Å². The van der Waals surface area contributed by atoms with Gasteiger partial charge in [0.15, 0.2) is 0 Å². The van der Waals surface area contributed by atoms with Crippen LogP contribution in [0.25, 0.3) is 5.69 Å². The van der Waals surface area contributed by atoms with Gasteiger partial charge in [-0.05, 0) is 31.4 Å². The molecule has 1 unspecified atom stereocenters. The number of rotatable bonds is 4. The van der Waals surface area contributed by atoms with Crippen molar-refractivity contribution in [2.45, 2.75) is 30.9 Å². The zero-order valence-electron chi connectivity index (χ0n) is 11.0. The van der Waals surface area contributed by atoms with E-state index in [4.69, 9.17) is 10.5 Å². The van der Waals surface area contributed by atoms with E-state index in [0.29, 0.717) is 0 Å².